The summed E-state index contributed by atoms with van der Waals surface area (Å²) >= 11 is 0. The van der Waals surface area contributed by atoms with Gasteiger partial charge in [-0.2, -0.15) is 23.4 Å². The van der Waals surface area contributed by atoms with Gasteiger partial charge in [0.1, 0.15) is 0 Å². The van der Waals surface area contributed by atoms with E-state index in [0.717, 1.165) is 17.7 Å². The van der Waals surface area contributed by atoms with Crippen molar-refractivity contribution in [3.63, 3.8) is 0 Å². The van der Waals surface area contributed by atoms with Gasteiger partial charge in [-0.05, 0) is 23.8 Å². The van der Waals surface area contributed by atoms with Crippen LogP contribution in [0.4, 0.5) is 13.2 Å². The van der Waals surface area contributed by atoms with Crippen molar-refractivity contribution in [1.82, 2.24) is 24.9 Å². The molecule has 1 aliphatic heterocycles. The molecule has 2 unspecified atom stereocenters. The van der Waals surface area contributed by atoms with E-state index in [1.54, 1.807) is 24.0 Å². The van der Waals surface area contributed by atoms with E-state index in [2.05, 4.69) is 15.5 Å². The van der Waals surface area contributed by atoms with Crippen LogP contribution in [0.15, 0.2) is 53.6 Å². The normalized spacial score (nSPS) is 19.3. The van der Waals surface area contributed by atoms with Crippen molar-refractivity contribution in [2.45, 2.75) is 24.9 Å². The first-order chi connectivity index (χ1) is 14.3. The largest absolute Gasteiger partial charge is 0.416 e. The van der Waals surface area contributed by atoms with E-state index in [9.17, 15) is 18.0 Å². The lowest BCUT2D eigenvalue weighted by atomic mass is 10.1. The third-order valence-electron chi connectivity index (χ3n) is 5.01. The van der Waals surface area contributed by atoms with Crippen molar-refractivity contribution in [1.29, 1.82) is 0 Å². The number of hydrogen-bond acceptors (Lipinski definition) is 5. The molecule has 0 bridgehead atoms. The molecule has 0 amide bonds. The summed E-state index contributed by atoms with van der Waals surface area (Å²) < 4.78 is 47.1. The Morgan fingerprint density at radius 3 is 2.60 bits per heavy atom. The first-order valence-corrected chi connectivity index (χ1v) is 9.38. The topological polar surface area (TPSA) is 74.0 Å². The summed E-state index contributed by atoms with van der Waals surface area (Å²) in [6.45, 7) is 1.15. The Morgan fingerprint density at radius 2 is 1.93 bits per heavy atom. The molecule has 3 aromatic rings. The predicted octanol–water partition coefficient (Wildman–Crippen LogP) is 2.39. The average Bonchev–Trinajstić information content (AvgIpc) is 3.35. The van der Waals surface area contributed by atoms with Crippen molar-refractivity contribution >= 4 is 0 Å². The number of ether oxygens (including phenoxy) is 1. The molecule has 0 spiro atoms. The SMILES string of the molecule is Cn1cc(-c2ccc(=O)n(C3CNCC3OCc3ccc(C(F)(F)F)cc3)n2)cn1. The highest BCUT2D eigenvalue weighted by molar-refractivity contribution is 5.55. The zero-order valence-electron chi connectivity index (χ0n) is 16.1. The van der Waals surface area contributed by atoms with Crippen molar-refractivity contribution < 1.29 is 17.9 Å². The predicted molar refractivity (Wildman–Crippen MR) is 103 cm³/mol. The maximum Gasteiger partial charge on any atom is 0.416 e. The van der Waals surface area contributed by atoms with E-state index in [-0.39, 0.29) is 24.3 Å². The van der Waals surface area contributed by atoms with E-state index in [1.807, 2.05) is 6.20 Å². The number of nitrogens with zero attached hydrogens (tertiary/aromatic N) is 4. The minimum Gasteiger partial charge on any atom is -0.370 e. The molecule has 10 heteroatoms. The summed E-state index contributed by atoms with van der Waals surface area (Å²) in [7, 11) is 1.80. The number of aryl methyl sites for hydroxylation is 1. The van der Waals surface area contributed by atoms with Crippen LogP contribution in [0.1, 0.15) is 17.2 Å². The molecule has 0 saturated carbocycles. The number of hydrogen-bond donors (Lipinski definition) is 1. The fraction of sp³-hybridized carbons (Fsp3) is 0.350. The number of nitrogens with one attached hydrogen (secondary N) is 1. The lowest BCUT2D eigenvalue weighted by Crippen LogP contribution is -2.34. The smallest absolute Gasteiger partial charge is 0.370 e. The summed E-state index contributed by atoms with van der Waals surface area (Å²) in [5.41, 5.74) is 1.09. The lowest BCUT2D eigenvalue weighted by molar-refractivity contribution is -0.137. The summed E-state index contributed by atoms with van der Waals surface area (Å²) in [5.74, 6) is 0. The van der Waals surface area contributed by atoms with E-state index in [0.29, 0.717) is 24.3 Å². The number of aromatic nitrogens is 4. The van der Waals surface area contributed by atoms with Crippen molar-refractivity contribution in [2.24, 2.45) is 7.05 Å². The van der Waals surface area contributed by atoms with Crippen LogP contribution >= 0.6 is 0 Å². The highest BCUT2D eigenvalue weighted by Crippen LogP contribution is 2.29. The highest BCUT2D eigenvalue weighted by atomic mass is 19.4. The molecule has 2 aromatic heterocycles. The Bertz CT molecular complexity index is 1080. The van der Waals surface area contributed by atoms with Gasteiger partial charge in [0, 0.05) is 38.0 Å². The second-order valence-electron chi connectivity index (χ2n) is 7.17. The summed E-state index contributed by atoms with van der Waals surface area (Å²) in [6, 6.07) is 7.64. The van der Waals surface area contributed by atoms with Crippen LogP contribution in [-0.2, 0) is 24.6 Å². The van der Waals surface area contributed by atoms with E-state index in [1.165, 1.54) is 22.9 Å². The molecule has 30 heavy (non-hydrogen) atoms. The monoisotopic (exact) mass is 419 g/mol. The second kappa shape index (κ2) is 8.04. The quantitative estimate of drug-likeness (QED) is 0.688. The molecular formula is C20H20F3N5O2. The van der Waals surface area contributed by atoms with Crippen LogP contribution in [-0.4, -0.2) is 38.8 Å². The molecule has 2 atom stereocenters. The Labute approximate surface area is 170 Å². The number of benzene rings is 1. The second-order valence-corrected chi connectivity index (χ2v) is 7.17. The number of rotatable bonds is 5. The summed E-state index contributed by atoms with van der Waals surface area (Å²) in [4.78, 5) is 12.4. The fourth-order valence-electron chi connectivity index (χ4n) is 3.42. The summed E-state index contributed by atoms with van der Waals surface area (Å²) in [5, 5.41) is 11.8. The van der Waals surface area contributed by atoms with Crippen molar-refractivity contribution in [2.75, 3.05) is 13.1 Å². The van der Waals surface area contributed by atoms with Crippen LogP contribution < -0.4 is 10.9 Å². The van der Waals surface area contributed by atoms with Gasteiger partial charge in [-0.1, -0.05) is 12.1 Å². The van der Waals surface area contributed by atoms with E-state index < -0.39 is 11.7 Å². The van der Waals surface area contributed by atoms with Gasteiger partial charge in [-0.3, -0.25) is 9.48 Å². The lowest BCUT2D eigenvalue weighted by Gasteiger charge is -2.21. The van der Waals surface area contributed by atoms with Crippen LogP contribution in [0.2, 0.25) is 0 Å². The van der Waals surface area contributed by atoms with Gasteiger partial charge in [0.05, 0.1) is 36.2 Å². The highest BCUT2D eigenvalue weighted by Gasteiger charge is 2.32. The molecule has 4 rings (SSSR count). The van der Waals surface area contributed by atoms with Gasteiger partial charge in [0.15, 0.2) is 0 Å². The van der Waals surface area contributed by atoms with Gasteiger partial charge in [0.2, 0.25) is 0 Å². The van der Waals surface area contributed by atoms with Crippen molar-refractivity contribution in [3.8, 4) is 11.3 Å². The van der Waals surface area contributed by atoms with Crippen LogP contribution in [0.25, 0.3) is 11.3 Å². The molecule has 1 aliphatic rings. The molecule has 158 valence electrons. The Kier molecular flexibility index (Phi) is 5.44. The zero-order valence-corrected chi connectivity index (χ0v) is 16.1. The first kappa shape index (κ1) is 20.3. The molecule has 1 saturated heterocycles. The minimum absolute atomic E-state index is 0.137. The van der Waals surface area contributed by atoms with Crippen LogP contribution in [0.5, 0.6) is 0 Å². The molecule has 3 heterocycles. The number of alkyl halides is 3. The van der Waals surface area contributed by atoms with Gasteiger partial charge in [-0.25, -0.2) is 4.68 Å². The molecule has 7 nitrogen and oxygen atoms in total. The van der Waals surface area contributed by atoms with Gasteiger partial charge in [0.25, 0.3) is 5.56 Å². The number of halogens is 3. The Morgan fingerprint density at radius 1 is 1.17 bits per heavy atom. The standard InChI is InChI=1S/C20H20F3N5O2/c1-27-11-14(8-25-27)16-6-7-19(29)28(26-16)17-9-24-10-18(17)30-12-13-2-4-15(5-3-13)20(21,22)23/h2-8,11,17-18,24H,9-10,12H2,1H3. The van der Waals surface area contributed by atoms with Gasteiger partial charge in [-0.15, -0.1) is 0 Å². The minimum atomic E-state index is -4.37. The molecule has 1 N–H and O–H groups in total. The third-order valence-corrected chi connectivity index (χ3v) is 5.01. The maximum absolute atomic E-state index is 12.7. The third kappa shape index (κ3) is 4.29. The first-order valence-electron chi connectivity index (χ1n) is 9.38. The van der Waals surface area contributed by atoms with Crippen LogP contribution in [0, 0.1) is 0 Å². The Hall–Kier alpha value is -2.98. The van der Waals surface area contributed by atoms with E-state index >= 15 is 0 Å². The molecule has 0 radical (unpaired) electrons. The molecule has 1 aromatic carbocycles. The van der Waals surface area contributed by atoms with Gasteiger partial charge >= 0.3 is 6.18 Å². The Balaban J connectivity index is 1.49. The maximum atomic E-state index is 12.7. The zero-order chi connectivity index (χ0) is 21.3. The van der Waals surface area contributed by atoms with Crippen molar-refractivity contribution in [3.05, 3.63) is 70.3 Å². The van der Waals surface area contributed by atoms with Crippen LogP contribution in [0.3, 0.4) is 0 Å². The summed E-state index contributed by atoms with van der Waals surface area (Å²) in [6.07, 6.45) is -1.24. The fourth-order valence-corrected chi connectivity index (χ4v) is 3.42. The molecular weight excluding hydrogens is 399 g/mol. The average molecular weight is 419 g/mol. The van der Waals surface area contributed by atoms with E-state index in [4.69, 9.17) is 4.74 Å². The molecule has 1 fully saturated rings. The van der Waals surface area contributed by atoms with Gasteiger partial charge < -0.3 is 10.1 Å². The molecule has 0 aliphatic carbocycles.